The number of rotatable bonds is 7. The topological polar surface area (TPSA) is 89.6 Å². The first-order valence-electron chi connectivity index (χ1n) is 13.8. The number of nitrogens with one attached hydrogen (secondary N) is 2. The zero-order valence-electron chi connectivity index (χ0n) is 22.1. The molecule has 0 saturated carbocycles. The molecule has 2 N–H and O–H groups in total. The van der Waals surface area contributed by atoms with E-state index in [1.165, 1.54) is 12.5 Å². The van der Waals surface area contributed by atoms with Gasteiger partial charge >= 0.3 is 0 Å². The molecular formula is C29H37N7O2. The molecule has 1 amide bonds. The van der Waals surface area contributed by atoms with Crippen LogP contribution in [0, 0.1) is 5.92 Å². The van der Waals surface area contributed by atoms with E-state index in [0.29, 0.717) is 18.0 Å². The first kappa shape index (κ1) is 24.9. The van der Waals surface area contributed by atoms with E-state index in [-0.39, 0.29) is 5.91 Å². The van der Waals surface area contributed by atoms with Gasteiger partial charge in [-0.3, -0.25) is 9.69 Å². The largest absolute Gasteiger partial charge is 0.382 e. The van der Waals surface area contributed by atoms with Crippen molar-refractivity contribution in [1.82, 2.24) is 24.8 Å². The van der Waals surface area contributed by atoms with Gasteiger partial charge in [-0.15, -0.1) is 0 Å². The van der Waals surface area contributed by atoms with Crippen LogP contribution >= 0.6 is 0 Å². The van der Waals surface area contributed by atoms with Crippen molar-refractivity contribution in [3.63, 3.8) is 0 Å². The van der Waals surface area contributed by atoms with Crippen molar-refractivity contribution in [3.05, 3.63) is 49.3 Å². The highest BCUT2D eigenvalue weighted by atomic mass is 16.5. The van der Waals surface area contributed by atoms with Crippen LogP contribution in [0.5, 0.6) is 0 Å². The number of likely N-dealkylation sites (tertiary alicyclic amines) is 2. The number of carbonyl (C=O) groups excluding carboxylic acids is 1. The number of carbonyl (C=O) groups is 1. The van der Waals surface area contributed by atoms with E-state index in [0.717, 1.165) is 92.7 Å². The fraction of sp³-hybridized carbons (Fsp3) is 0.483. The van der Waals surface area contributed by atoms with E-state index in [1.807, 2.05) is 4.90 Å². The van der Waals surface area contributed by atoms with Gasteiger partial charge in [0.15, 0.2) is 0 Å². The van der Waals surface area contributed by atoms with Crippen molar-refractivity contribution in [1.29, 1.82) is 0 Å². The van der Waals surface area contributed by atoms with Crippen LogP contribution in [0.25, 0.3) is 22.3 Å². The summed E-state index contributed by atoms with van der Waals surface area (Å²) in [7, 11) is 0. The Morgan fingerprint density at radius 2 is 1.95 bits per heavy atom. The highest BCUT2D eigenvalue weighted by Gasteiger charge is 2.35. The minimum atomic E-state index is 0.0552. The molecule has 3 saturated heterocycles. The monoisotopic (exact) mass is 515 g/mol. The SMILES string of the molecule is C=CC(=O)N1CC[C@@H](N2CC[C@H](C(C)Nc3ccc(-c4cc5c(N6CCOCC6)ncnc5[nH]4)cc3)C2)C1. The number of nitrogens with zero attached hydrogens (tertiary/aromatic N) is 5. The zero-order valence-corrected chi connectivity index (χ0v) is 22.1. The lowest BCUT2D eigenvalue weighted by atomic mass is 10.00. The van der Waals surface area contributed by atoms with Gasteiger partial charge < -0.3 is 24.8 Å². The smallest absolute Gasteiger partial charge is 0.246 e. The third kappa shape index (κ3) is 5.00. The van der Waals surface area contributed by atoms with Gasteiger partial charge in [0.2, 0.25) is 5.91 Å². The molecule has 0 bridgehead atoms. The quantitative estimate of drug-likeness (QED) is 0.467. The van der Waals surface area contributed by atoms with Gasteiger partial charge in [-0.25, -0.2) is 9.97 Å². The average Bonchev–Trinajstić information content (AvgIpc) is 3.72. The van der Waals surface area contributed by atoms with Crippen LogP contribution in [0.3, 0.4) is 0 Å². The summed E-state index contributed by atoms with van der Waals surface area (Å²) in [4.78, 5) is 31.3. The van der Waals surface area contributed by atoms with Crippen LogP contribution in [0.4, 0.5) is 11.5 Å². The van der Waals surface area contributed by atoms with E-state index >= 15 is 0 Å². The Morgan fingerprint density at radius 3 is 2.74 bits per heavy atom. The van der Waals surface area contributed by atoms with E-state index in [1.54, 1.807) is 6.33 Å². The molecule has 0 radical (unpaired) electrons. The number of aromatic nitrogens is 3. The van der Waals surface area contributed by atoms with E-state index < -0.39 is 0 Å². The maximum Gasteiger partial charge on any atom is 0.246 e. The van der Waals surface area contributed by atoms with Crippen LogP contribution < -0.4 is 10.2 Å². The lowest BCUT2D eigenvalue weighted by Crippen LogP contribution is -2.38. The molecule has 3 fully saturated rings. The number of ether oxygens (including phenoxy) is 1. The zero-order chi connectivity index (χ0) is 26.1. The van der Waals surface area contributed by atoms with Crippen LogP contribution in [-0.4, -0.2) is 95.2 Å². The van der Waals surface area contributed by atoms with Gasteiger partial charge in [-0.05, 0) is 62.1 Å². The minimum Gasteiger partial charge on any atom is -0.382 e. The third-order valence-corrected chi connectivity index (χ3v) is 8.43. The Bertz CT molecular complexity index is 1280. The fourth-order valence-electron chi connectivity index (χ4n) is 6.16. The first-order chi connectivity index (χ1) is 18.6. The number of benzene rings is 1. The summed E-state index contributed by atoms with van der Waals surface area (Å²) in [6, 6.07) is 11.6. The van der Waals surface area contributed by atoms with Crippen LogP contribution in [0.2, 0.25) is 0 Å². The lowest BCUT2D eigenvalue weighted by Gasteiger charge is -2.27. The van der Waals surface area contributed by atoms with Gasteiger partial charge in [-0.1, -0.05) is 18.7 Å². The molecule has 3 aliphatic heterocycles. The van der Waals surface area contributed by atoms with Crippen molar-refractivity contribution in [3.8, 4) is 11.3 Å². The lowest BCUT2D eigenvalue weighted by molar-refractivity contribution is -0.125. The second kappa shape index (κ2) is 10.7. The van der Waals surface area contributed by atoms with Crippen molar-refractivity contribution < 1.29 is 9.53 Å². The fourth-order valence-corrected chi connectivity index (χ4v) is 6.16. The maximum atomic E-state index is 12.0. The molecule has 1 aromatic carbocycles. The molecule has 6 rings (SSSR count). The molecule has 2 aromatic heterocycles. The Balaban J connectivity index is 1.08. The van der Waals surface area contributed by atoms with Crippen molar-refractivity contribution in [2.24, 2.45) is 5.92 Å². The molecular weight excluding hydrogens is 478 g/mol. The number of hydrogen-bond donors (Lipinski definition) is 2. The molecule has 0 aliphatic carbocycles. The number of aromatic amines is 1. The highest BCUT2D eigenvalue weighted by molar-refractivity contribution is 5.92. The Hall–Kier alpha value is -3.43. The van der Waals surface area contributed by atoms with Gasteiger partial charge in [0.1, 0.15) is 17.8 Å². The van der Waals surface area contributed by atoms with Gasteiger partial charge in [0, 0.05) is 56.2 Å². The normalized spacial score (nSPS) is 23.2. The summed E-state index contributed by atoms with van der Waals surface area (Å²) in [5.74, 6) is 1.61. The molecule has 38 heavy (non-hydrogen) atoms. The molecule has 0 spiro atoms. The summed E-state index contributed by atoms with van der Waals surface area (Å²) >= 11 is 0. The summed E-state index contributed by atoms with van der Waals surface area (Å²) in [5.41, 5.74) is 4.16. The molecule has 5 heterocycles. The van der Waals surface area contributed by atoms with E-state index in [2.05, 4.69) is 73.9 Å². The predicted octanol–water partition coefficient (Wildman–Crippen LogP) is 3.37. The van der Waals surface area contributed by atoms with Gasteiger partial charge in [0.25, 0.3) is 0 Å². The van der Waals surface area contributed by atoms with E-state index in [4.69, 9.17) is 4.74 Å². The number of amides is 1. The highest BCUT2D eigenvalue weighted by Crippen LogP contribution is 2.31. The maximum absolute atomic E-state index is 12.0. The summed E-state index contributed by atoms with van der Waals surface area (Å²) < 4.78 is 5.51. The Labute approximate surface area is 223 Å². The molecule has 3 aromatic rings. The summed E-state index contributed by atoms with van der Waals surface area (Å²) in [6.45, 7) is 12.9. The van der Waals surface area contributed by atoms with Crippen LogP contribution in [0.1, 0.15) is 19.8 Å². The standard InChI is InChI=1S/C29H37N7O2/c1-3-27(37)36-11-9-24(18-36)35-10-8-22(17-35)20(2)32-23-6-4-21(5-7-23)26-16-25-28(33-26)30-19-31-29(25)34-12-14-38-15-13-34/h3-7,16,19-20,22,24,32H,1,8-15,17-18H2,2H3,(H,30,31,33)/t20?,22-,24+/m0/s1. The first-order valence-corrected chi connectivity index (χ1v) is 13.8. The van der Waals surface area contributed by atoms with Gasteiger partial charge in [0.05, 0.1) is 18.6 Å². The molecule has 200 valence electrons. The summed E-state index contributed by atoms with van der Waals surface area (Å²) in [6.07, 6.45) is 5.31. The summed E-state index contributed by atoms with van der Waals surface area (Å²) in [5, 5.41) is 4.78. The molecule has 9 nitrogen and oxygen atoms in total. The number of H-pyrrole nitrogens is 1. The molecule has 1 unspecified atom stereocenters. The van der Waals surface area contributed by atoms with Crippen LogP contribution in [0.15, 0.2) is 49.3 Å². The Kier molecular flexibility index (Phi) is 7.04. The van der Waals surface area contributed by atoms with Crippen molar-refractivity contribution in [2.75, 3.05) is 62.7 Å². The Morgan fingerprint density at radius 1 is 1.13 bits per heavy atom. The number of hydrogen-bond acceptors (Lipinski definition) is 7. The van der Waals surface area contributed by atoms with Gasteiger partial charge in [-0.2, -0.15) is 0 Å². The second-order valence-corrected chi connectivity index (χ2v) is 10.7. The molecule has 9 heteroatoms. The van der Waals surface area contributed by atoms with Crippen molar-refractivity contribution >= 4 is 28.4 Å². The number of anilines is 2. The molecule has 3 atom stereocenters. The van der Waals surface area contributed by atoms with E-state index in [9.17, 15) is 4.79 Å². The van der Waals surface area contributed by atoms with Crippen molar-refractivity contribution in [2.45, 2.75) is 31.8 Å². The average molecular weight is 516 g/mol. The number of morpholine rings is 1. The number of fused-ring (bicyclic) bond motifs is 1. The predicted molar refractivity (Wildman–Crippen MR) is 150 cm³/mol. The molecule has 3 aliphatic rings. The van der Waals surface area contributed by atoms with Crippen LogP contribution in [-0.2, 0) is 9.53 Å². The minimum absolute atomic E-state index is 0.0552. The second-order valence-electron chi connectivity index (χ2n) is 10.7. The third-order valence-electron chi connectivity index (χ3n) is 8.43.